The molecule has 3 heterocycles. The maximum absolute atomic E-state index is 12.9. The van der Waals surface area contributed by atoms with E-state index in [0.717, 1.165) is 51.3 Å². The highest BCUT2D eigenvalue weighted by molar-refractivity contribution is 7.07. The summed E-state index contributed by atoms with van der Waals surface area (Å²) in [4.78, 5) is 21.6. The molecule has 0 saturated carbocycles. The molecule has 0 radical (unpaired) electrons. The number of piperazine rings is 1. The molecule has 138 valence electrons. The molecule has 0 atom stereocenters. The van der Waals surface area contributed by atoms with Crippen LogP contribution in [0, 0.1) is 5.41 Å². The molecule has 0 aromatic carbocycles. The van der Waals surface area contributed by atoms with Gasteiger partial charge in [-0.1, -0.05) is 0 Å². The third-order valence-corrected chi connectivity index (χ3v) is 5.46. The fourth-order valence-corrected chi connectivity index (χ4v) is 3.81. The van der Waals surface area contributed by atoms with E-state index < -0.39 is 5.41 Å². The molecule has 0 unspecified atom stereocenters. The first-order valence-corrected chi connectivity index (χ1v) is 8.84. The van der Waals surface area contributed by atoms with E-state index in [1.807, 2.05) is 10.4 Å². The molecule has 1 aromatic heterocycles. The van der Waals surface area contributed by atoms with Crippen molar-refractivity contribution in [3.05, 3.63) is 16.6 Å². The Morgan fingerprint density at radius 1 is 1.25 bits per heavy atom. The van der Waals surface area contributed by atoms with Crippen LogP contribution in [0.4, 0.5) is 0 Å². The molecule has 2 fully saturated rings. The van der Waals surface area contributed by atoms with Gasteiger partial charge in [0.1, 0.15) is 0 Å². The van der Waals surface area contributed by atoms with Gasteiger partial charge in [-0.05, 0) is 12.8 Å². The summed E-state index contributed by atoms with van der Waals surface area (Å²) < 4.78 is 5.40. The van der Waals surface area contributed by atoms with E-state index >= 15 is 0 Å². The van der Waals surface area contributed by atoms with E-state index in [1.54, 1.807) is 11.3 Å². The van der Waals surface area contributed by atoms with Crippen LogP contribution in [-0.2, 0) is 16.1 Å². The lowest BCUT2D eigenvalue weighted by molar-refractivity contribution is -0.149. The number of carbonyl (C=O) groups excluding carboxylic acids is 1. The van der Waals surface area contributed by atoms with Gasteiger partial charge in [-0.3, -0.25) is 9.69 Å². The first-order chi connectivity index (χ1) is 10.7. The van der Waals surface area contributed by atoms with Crippen molar-refractivity contribution in [3.63, 3.8) is 0 Å². The van der Waals surface area contributed by atoms with E-state index in [0.29, 0.717) is 19.8 Å². The molecule has 1 aromatic rings. The number of ether oxygens (including phenoxy) is 1. The summed E-state index contributed by atoms with van der Waals surface area (Å²) in [6.07, 6.45) is 1.50. The fourth-order valence-electron chi connectivity index (χ4n) is 3.26. The van der Waals surface area contributed by atoms with Crippen molar-refractivity contribution in [2.75, 3.05) is 45.9 Å². The minimum Gasteiger partial charge on any atom is -0.381 e. The van der Waals surface area contributed by atoms with E-state index in [9.17, 15) is 4.79 Å². The second-order valence-corrected chi connectivity index (χ2v) is 6.86. The minimum atomic E-state index is -0.394. The standard InChI is InChI=1S/C15H24N4O2S.2ClH/c16-11-15(1-7-21-8-2-15)14(20)19-5-3-18(4-6-19)9-13-10-22-12-17-13;;/h10,12H,1-9,11,16H2;2*1H. The molecule has 3 rings (SSSR count). The largest absolute Gasteiger partial charge is 0.381 e. The van der Waals surface area contributed by atoms with Crippen LogP contribution in [0.2, 0.25) is 0 Å². The van der Waals surface area contributed by atoms with Gasteiger partial charge >= 0.3 is 0 Å². The van der Waals surface area contributed by atoms with Crippen LogP contribution >= 0.6 is 36.2 Å². The SMILES string of the molecule is Cl.Cl.NCC1(C(=O)N2CCN(Cc3cscn3)CC2)CCOCC1. The zero-order valence-electron chi connectivity index (χ0n) is 13.7. The predicted octanol–water partition coefficient (Wildman–Crippen LogP) is 1.39. The monoisotopic (exact) mass is 396 g/mol. The summed E-state index contributed by atoms with van der Waals surface area (Å²) in [7, 11) is 0. The second-order valence-electron chi connectivity index (χ2n) is 6.14. The Bertz CT molecular complexity index is 490. The predicted molar refractivity (Wildman–Crippen MR) is 100 cm³/mol. The highest BCUT2D eigenvalue weighted by Gasteiger charge is 2.42. The Labute approximate surface area is 159 Å². The minimum absolute atomic E-state index is 0. The molecule has 0 aliphatic carbocycles. The van der Waals surface area contributed by atoms with Crippen molar-refractivity contribution in [2.24, 2.45) is 11.1 Å². The number of nitrogens with zero attached hydrogens (tertiary/aromatic N) is 3. The van der Waals surface area contributed by atoms with Gasteiger partial charge in [0.25, 0.3) is 0 Å². The van der Waals surface area contributed by atoms with Gasteiger partial charge in [0.2, 0.25) is 5.91 Å². The van der Waals surface area contributed by atoms with Gasteiger partial charge in [0.05, 0.1) is 16.6 Å². The van der Waals surface area contributed by atoms with Gasteiger partial charge in [-0.2, -0.15) is 0 Å². The summed E-state index contributed by atoms with van der Waals surface area (Å²) >= 11 is 1.63. The van der Waals surface area contributed by atoms with Crippen LogP contribution in [0.15, 0.2) is 10.9 Å². The molecule has 2 aliphatic heterocycles. The van der Waals surface area contributed by atoms with Gasteiger partial charge < -0.3 is 15.4 Å². The molecule has 0 spiro atoms. The van der Waals surface area contributed by atoms with Crippen molar-refractivity contribution in [2.45, 2.75) is 19.4 Å². The lowest BCUT2D eigenvalue weighted by Crippen LogP contribution is -2.56. The third kappa shape index (κ3) is 4.80. The molecule has 2 aliphatic rings. The maximum Gasteiger partial charge on any atom is 0.230 e. The first kappa shape index (κ1) is 21.6. The molecule has 2 saturated heterocycles. The molecule has 24 heavy (non-hydrogen) atoms. The Balaban J connectivity index is 0.00000144. The fraction of sp³-hybridized carbons (Fsp3) is 0.733. The average molecular weight is 397 g/mol. The zero-order valence-corrected chi connectivity index (χ0v) is 16.1. The Hall–Kier alpha value is -0.440. The Morgan fingerprint density at radius 2 is 1.92 bits per heavy atom. The molecular formula is C15H26Cl2N4O2S. The maximum atomic E-state index is 12.9. The van der Waals surface area contributed by atoms with Crippen LogP contribution in [0.5, 0.6) is 0 Å². The van der Waals surface area contributed by atoms with E-state index in [4.69, 9.17) is 10.5 Å². The van der Waals surface area contributed by atoms with Gasteiger partial charge in [0.15, 0.2) is 0 Å². The summed E-state index contributed by atoms with van der Waals surface area (Å²) in [5, 5.41) is 2.09. The van der Waals surface area contributed by atoms with Crippen LogP contribution < -0.4 is 5.73 Å². The van der Waals surface area contributed by atoms with Crippen molar-refractivity contribution in [1.29, 1.82) is 0 Å². The second kappa shape index (κ2) is 9.89. The van der Waals surface area contributed by atoms with E-state index in [2.05, 4.69) is 15.3 Å². The normalized spacial score (nSPS) is 20.8. The quantitative estimate of drug-likeness (QED) is 0.832. The summed E-state index contributed by atoms with van der Waals surface area (Å²) in [6.45, 7) is 5.97. The van der Waals surface area contributed by atoms with Crippen molar-refractivity contribution >= 4 is 42.1 Å². The van der Waals surface area contributed by atoms with Crippen LogP contribution in [0.1, 0.15) is 18.5 Å². The average Bonchev–Trinajstić information content (AvgIpc) is 3.08. The number of nitrogens with two attached hydrogens (primary N) is 1. The molecule has 0 bridgehead atoms. The van der Waals surface area contributed by atoms with Crippen molar-refractivity contribution < 1.29 is 9.53 Å². The topological polar surface area (TPSA) is 71.7 Å². The highest BCUT2D eigenvalue weighted by atomic mass is 35.5. The lowest BCUT2D eigenvalue weighted by Gasteiger charge is -2.42. The van der Waals surface area contributed by atoms with Crippen molar-refractivity contribution in [3.8, 4) is 0 Å². The molecular weight excluding hydrogens is 371 g/mol. The number of rotatable bonds is 4. The van der Waals surface area contributed by atoms with E-state index in [1.165, 1.54) is 0 Å². The number of aromatic nitrogens is 1. The number of hydrogen-bond donors (Lipinski definition) is 1. The molecule has 9 heteroatoms. The van der Waals surface area contributed by atoms with Crippen LogP contribution in [-0.4, -0.2) is 66.6 Å². The third-order valence-electron chi connectivity index (χ3n) is 4.82. The number of thiazole rings is 1. The number of halogens is 2. The van der Waals surface area contributed by atoms with E-state index in [-0.39, 0.29) is 30.7 Å². The van der Waals surface area contributed by atoms with Crippen LogP contribution in [0.3, 0.4) is 0 Å². The summed E-state index contributed by atoms with van der Waals surface area (Å²) in [6, 6.07) is 0. The molecule has 1 amide bonds. The Morgan fingerprint density at radius 3 is 2.46 bits per heavy atom. The van der Waals surface area contributed by atoms with Gasteiger partial charge in [0, 0.05) is 57.9 Å². The lowest BCUT2D eigenvalue weighted by atomic mass is 9.78. The summed E-state index contributed by atoms with van der Waals surface area (Å²) in [5.41, 5.74) is 8.53. The molecule has 6 nitrogen and oxygen atoms in total. The van der Waals surface area contributed by atoms with Gasteiger partial charge in [-0.15, -0.1) is 36.2 Å². The first-order valence-electron chi connectivity index (χ1n) is 7.90. The smallest absolute Gasteiger partial charge is 0.230 e. The van der Waals surface area contributed by atoms with Gasteiger partial charge in [-0.25, -0.2) is 4.98 Å². The highest BCUT2D eigenvalue weighted by Crippen LogP contribution is 2.32. The molecule has 2 N–H and O–H groups in total. The zero-order chi connectivity index (χ0) is 15.4. The number of amides is 1. The van der Waals surface area contributed by atoms with Crippen molar-refractivity contribution in [1.82, 2.24) is 14.8 Å². The number of hydrogen-bond acceptors (Lipinski definition) is 6. The van der Waals surface area contributed by atoms with Crippen LogP contribution in [0.25, 0.3) is 0 Å². The number of carbonyl (C=O) groups is 1. The summed E-state index contributed by atoms with van der Waals surface area (Å²) in [5.74, 6) is 0.228. The Kier molecular flexibility index (Phi) is 8.90.